The first-order valence-corrected chi connectivity index (χ1v) is 11.7. The molecule has 1 amide bonds. The Balaban J connectivity index is 1.69. The van der Waals surface area contributed by atoms with Crippen LogP contribution in [0.2, 0.25) is 0 Å². The molecular weight excluding hydrogens is 440 g/mol. The predicted molar refractivity (Wildman–Crippen MR) is 127 cm³/mol. The van der Waals surface area contributed by atoms with Gasteiger partial charge in [-0.2, -0.15) is 0 Å². The summed E-state index contributed by atoms with van der Waals surface area (Å²) >= 11 is 0. The van der Waals surface area contributed by atoms with Crippen molar-refractivity contribution in [2.45, 2.75) is 23.3 Å². The van der Waals surface area contributed by atoms with E-state index in [1.807, 2.05) is 13.0 Å². The van der Waals surface area contributed by atoms with Crippen molar-refractivity contribution in [3.05, 3.63) is 78.5 Å². The van der Waals surface area contributed by atoms with Crippen molar-refractivity contribution in [2.75, 3.05) is 19.5 Å². The lowest BCUT2D eigenvalue weighted by Gasteiger charge is -2.12. The Kier molecular flexibility index (Phi) is 6.11. The molecule has 0 aliphatic carbocycles. The van der Waals surface area contributed by atoms with E-state index in [0.717, 1.165) is 5.56 Å². The van der Waals surface area contributed by atoms with Crippen LogP contribution in [-0.2, 0) is 21.2 Å². The first kappa shape index (κ1) is 22.4. The number of rotatable bonds is 7. The van der Waals surface area contributed by atoms with Crippen LogP contribution in [-0.4, -0.2) is 33.1 Å². The third-order valence-corrected chi connectivity index (χ3v) is 7.16. The molecule has 0 radical (unpaired) electrons. The molecular formula is C25H24N2O5S. The zero-order chi connectivity index (χ0) is 23.6. The fraction of sp³-hybridized carbons (Fsp3) is 0.160. The lowest BCUT2D eigenvalue weighted by atomic mass is 10.2. The molecule has 1 aromatic heterocycles. The third kappa shape index (κ3) is 4.42. The number of fused-ring (bicyclic) bond motifs is 1. The van der Waals surface area contributed by atoms with E-state index in [4.69, 9.17) is 9.47 Å². The van der Waals surface area contributed by atoms with Gasteiger partial charge in [0, 0.05) is 23.2 Å². The SMILES string of the molecule is COc1ccc(OC)c(NC(=O)Cn2cc(S(=O)(=O)c3ccc(C)cc3)c3ccccc32)c1. The number of sulfone groups is 1. The van der Waals surface area contributed by atoms with E-state index in [1.165, 1.54) is 20.4 Å². The van der Waals surface area contributed by atoms with E-state index in [2.05, 4.69) is 5.32 Å². The van der Waals surface area contributed by atoms with Crippen LogP contribution < -0.4 is 14.8 Å². The Hall–Kier alpha value is -3.78. The second kappa shape index (κ2) is 8.99. The number of aryl methyl sites for hydroxylation is 1. The molecule has 3 aromatic carbocycles. The Morgan fingerprint density at radius 3 is 2.39 bits per heavy atom. The smallest absolute Gasteiger partial charge is 0.244 e. The van der Waals surface area contributed by atoms with Gasteiger partial charge < -0.3 is 19.4 Å². The second-order valence-corrected chi connectivity index (χ2v) is 9.49. The van der Waals surface area contributed by atoms with Crippen molar-refractivity contribution in [3.8, 4) is 11.5 Å². The lowest BCUT2D eigenvalue weighted by molar-refractivity contribution is -0.116. The van der Waals surface area contributed by atoms with Gasteiger partial charge >= 0.3 is 0 Å². The Morgan fingerprint density at radius 1 is 0.970 bits per heavy atom. The van der Waals surface area contributed by atoms with Gasteiger partial charge in [0.25, 0.3) is 0 Å². The summed E-state index contributed by atoms with van der Waals surface area (Å²) in [6, 6.07) is 18.9. The minimum absolute atomic E-state index is 0.0791. The number of hydrogen-bond acceptors (Lipinski definition) is 5. The summed E-state index contributed by atoms with van der Waals surface area (Å²) in [6.45, 7) is 1.82. The van der Waals surface area contributed by atoms with Crippen LogP contribution in [0.5, 0.6) is 11.5 Å². The fourth-order valence-corrected chi connectivity index (χ4v) is 5.14. The molecule has 7 nitrogen and oxygen atoms in total. The van der Waals surface area contributed by atoms with E-state index in [1.54, 1.807) is 65.2 Å². The molecule has 0 spiro atoms. The standard InChI is InChI=1S/C25H24N2O5S/c1-17-8-11-19(12-9-17)33(29,30)24-15-27(22-7-5-4-6-20(22)24)16-25(28)26-21-14-18(31-2)10-13-23(21)32-3/h4-15H,16H2,1-3H3,(H,26,28). The van der Waals surface area contributed by atoms with E-state index < -0.39 is 9.84 Å². The van der Waals surface area contributed by atoms with Gasteiger partial charge in [-0.15, -0.1) is 0 Å². The summed E-state index contributed by atoms with van der Waals surface area (Å²) in [5, 5.41) is 3.38. The summed E-state index contributed by atoms with van der Waals surface area (Å²) in [4.78, 5) is 13.3. The van der Waals surface area contributed by atoms with Gasteiger partial charge in [-0.1, -0.05) is 35.9 Å². The second-order valence-electron chi connectivity index (χ2n) is 7.57. The number of amides is 1. The molecule has 170 valence electrons. The summed E-state index contributed by atoms with van der Waals surface area (Å²) in [5.41, 5.74) is 2.09. The highest BCUT2D eigenvalue weighted by atomic mass is 32.2. The van der Waals surface area contributed by atoms with Crippen molar-refractivity contribution in [1.29, 1.82) is 0 Å². The molecule has 0 aliphatic heterocycles. The zero-order valence-electron chi connectivity index (χ0n) is 18.5. The molecule has 4 aromatic rings. The van der Waals surface area contributed by atoms with Crippen LogP contribution in [0.1, 0.15) is 5.56 Å². The largest absolute Gasteiger partial charge is 0.497 e. The topological polar surface area (TPSA) is 86.6 Å². The maximum Gasteiger partial charge on any atom is 0.244 e. The number of methoxy groups -OCH3 is 2. The molecule has 4 rings (SSSR count). The van der Waals surface area contributed by atoms with Gasteiger partial charge in [-0.3, -0.25) is 4.79 Å². The zero-order valence-corrected chi connectivity index (χ0v) is 19.3. The van der Waals surface area contributed by atoms with Crippen molar-refractivity contribution in [1.82, 2.24) is 4.57 Å². The molecule has 33 heavy (non-hydrogen) atoms. The van der Waals surface area contributed by atoms with Crippen LogP contribution in [0.3, 0.4) is 0 Å². The molecule has 1 N–H and O–H groups in total. The number of benzene rings is 3. The monoisotopic (exact) mass is 464 g/mol. The molecule has 0 saturated carbocycles. The van der Waals surface area contributed by atoms with E-state index in [0.29, 0.717) is 28.1 Å². The summed E-state index contributed by atoms with van der Waals surface area (Å²) in [5.74, 6) is 0.731. The van der Waals surface area contributed by atoms with Crippen molar-refractivity contribution < 1.29 is 22.7 Å². The van der Waals surface area contributed by atoms with Crippen LogP contribution >= 0.6 is 0 Å². The maximum absolute atomic E-state index is 13.4. The molecule has 0 atom stereocenters. The highest BCUT2D eigenvalue weighted by Crippen LogP contribution is 2.31. The first-order chi connectivity index (χ1) is 15.8. The summed E-state index contributed by atoms with van der Waals surface area (Å²) in [6.07, 6.45) is 1.52. The molecule has 1 heterocycles. The quantitative estimate of drug-likeness (QED) is 0.437. The van der Waals surface area contributed by atoms with Crippen LogP contribution in [0.25, 0.3) is 10.9 Å². The van der Waals surface area contributed by atoms with Crippen molar-refractivity contribution >= 4 is 32.3 Å². The van der Waals surface area contributed by atoms with E-state index in [-0.39, 0.29) is 22.2 Å². The number of ether oxygens (including phenoxy) is 2. The predicted octanol–water partition coefficient (Wildman–Crippen LogP) is 4.44. The van der Waals surface area contributed by atoms with E-state index in [9.17, 15) is 13.2 Å². The number of hydrogen-bond donors (Lipinski definition) is 1. The molecule has 0 aliphatic rings. The minimum atomic E-state index is -3.76. The number of carbonyl (C=O) groups excluding carboxylic acids is 1. The van der Waals surface area contributed by atoms with Crippen molar-refractivity contribution in [2.24, 2.45) is 0 Å². The van der Waals surface area contributed by atoms with Gasteiger partial charge in [-0.05, 0) is 37.3 Å². The highest BCUT2D eigenvalue weighted by molar-refractivity contribution is 7.91. The normalized spacial score (nSPS) is 11.4. The van der Waals surface area contributed by atoms with Gasteiger partial charge in [0.2, 0.25) is 15.7 Å². The summed E-state index contributed by atoms with van der Waals surface area (Å²) in [7, 11) is -0.715. The van der Waals surface area contributed by atoms with Crippen LogP contribution in [0, 0.1) is 6.92 Å². The van der Waals surface area contributed by atoms with Crippen LogP contribution in [0.15, 0.2) is 82.7 Å². The molecule has 0 bridgehead atoms. The summed E-state index contributed by atoms with van der Waals surface area (Å²) < 4.78 is 38.9. The molecule has 0 fully saturated rings. The van der Waals surface area contributed by atoms with Gasteiger partial charge in [0.15, 0.2) is 0 Å². The number of anilines is 1. The van der Waals surface area contributed by atoms with Crippen LogP contribution in [0.4, 0.5) is 5.69 Å². The van der Waals surface area contributed by atoms with Gasteiger partial charge in [0.05, 0.1) is 29.7 Å². The number of nitrogens with zero attached hydrogens (tertiary/aromatic N) is 1. The molecule has 8 heteroatoms. The average Bonchev–Trinajstić information content (AvgIpc) is 3.18. The number of aromatic nitrogens is 1. The fourth-order valence-electron chi connectivity index (χ4n) is 3.66. The number of nitrogens with one attached hydrogen (secondary N) is 1. The Bertz CT molecular complexity index is 1420. The average molecular weight is 465 g/mol. The Morgan fingerprint density at radius 2 is 1.70 bits per heavy atom. The minimum Gasteiger partial charge on any atom is -0.497 e. The third-order valence-electron chi connectivity index (χ3n) is 5.37. The van der Waals surface area contributed by atoms with Crippen molar-refractivity contribution in [3.63, 3.8) is 0 Å². The first-order valence-electron chi connectivity index (χ1n) is 10.2. The van der Waals surface area contributed by atoms with Gasteiger partial charge in [0.1, 0.15) is 18.0 Å². The van der Waals surface area contributed by atoms with Gasteiger partial charge in [-0.25, -0.2) is 8.42 Å². The molecule has 0 unspecified atom stereocenters. The number of carbonyl (C=O) groups is 1. The van der Waals surface area contributed by atoms with E-state index >= 15 is 0 Å². The maximum atomic E-state index is 13.4. The lowest BCUT2D eigenvalue weighted by Crippen LogP contribution is -2.18. The Labute approximate surface area is 192 Å². The highest BCUT2D eigenvalue weighted by Gasteiger charge is 2.24. The number of para-hydroxylation sites is 1. The molecule has 0 saturated heterocycles.